The van der Waals surface area contributed by atoms with Crippen LogP contribution < -0.4 is 10.7 Å². The monoisotopic (exact) mass is 296 g/mol. The summed E-state index contributed by atoms with van der Waals surface area (Å²) in [6.07, 6.45) is 0. The Balaban J connectivity index is 0.000000317. The molecule has 0 saturated carbocycles. The number of aliphatic carboxylic acids is 1. The average Bonchev–Trinajstić information content (AvgIpc) is 2.23. The predicted molar refractivity (Wildman–Crippen MR) is 67.6 cm³/mol. The summed E-state index contributed by atoms with van der Waals surface area (Å²) in [6, 6.07) is 9.31. The molecule has 0 N–H and O–H groups in total. The number of rotatable bonds is 0. The van der Waals surface area contributed by atoms with Crippen molar-refractivity contribution in [2.45, 2.75) is 6.92 Å². The number of carbonyl (C=O) groups is 1. The van der Waals surface area contributed by atoms with Crippen LogP contribution in [0.2, 0.25) is 0 Å². The minimum absolute atomic E-state index is 0.0191. The van der Waals surface area contributed by atoms with E-state index in [1.807, 2.05) is 24.3 Å². The van der Waals surface area contributed by atoms with Crippen molar-refractivity contribution in [1.29, 1.82) is 0 Å². The lowest BCUT2D eigenvalue weighted by atomic mass is 10.2. The van der Waals surface area contributed by atoms with Gasteiger partial charge in [0.1, 0.15) is 0 Å². The first kappa shape index (κ1) is 13.4. The Morgan fingerprint density at radius 2 is 1.82 bits per heavy atom. The highest BCUT2D eigenvalue weighted by Gasteiger charge is 1.98. The van der Waals surface area contributed by atoms with Gasteiger partial charge in [-0.1, -0.05) is 22.0 Å². The maximum absolute atomic E-state index is 11.3. The Bertz CT molecular complexity index is 600. The fraction of sp³-hybridized carbons (Fsp3) is 0.167. The highest BCUT2D eigenvalue weighted by Crippen LogP contribution is 2.17. The predicted octanol–water partition coefficient (Wildman–Crippen LogP) is 1.06. The molecule has 1 heterocycles. The second-order valence-electron chi connectivity index (χ2n) is 3.43. The maximum Gasteiger partial charge on any atom is 0.250 e. The first-order valence-corrected chi connectivity index (χ1v) is 5.64. The van der Waals surface area contributed by atoms with Gasteiger partial charge in [-0.25, -0.2) is 0 Å². The van der Waals surface area contributed by atoms with E-state index in [-0.39, 0.29) is 5.56 Å². The lowest BCUT2D eigenvalue weighted by Crippen LogP contribution is -2.16. The minimum Gasteiger partial charge on any atom is -0.550 e. The number of halogens is 1. The Kier molecular flexibility index (Phi) is 4.45. The van der Waals surface area contributed by atoms with Gasteiger partial charge in [0.05, 0.1) is 5.52 Å². The van der Waals surface area contributed by atoms with E-state index in [1.165, 1.54) is 0 Å². The number of hydrogen-bond donors (Lipinski definition) is 0. The third-order valence-corrected chi connectivity index (χ3v) is 2.58. The van der Waals surface area contributed by atoms with Gasteiger partial charge >= 0.3 is 0 Å². The first-order valence-electron chi connectivity index (χ1n) is 4.84. The number of carboxylic acids is 1. The number of nitrogens with zero attached hydrogens (tertiary/aromatic N) is 1. The Labute approximate surface area is 107 Å². The van der Waals surface area contributed by atoms with Crippen LogP contribution in [-0.4, -0.2) is 10.5 Å². The molecule has 0 saturated heterocycles. The second kappa shape index (κ2) is 5.63. The summed E-state index contributed by atoms with van der Waals surface area (Å²) in [4.78, 5) is 20.2. The van der Waals surface area contributed by atoms with Gasteiger partial charge in [0.2, 0.25) is 0 Å². The molecule has 1 aromatic carbocycles. The average molecular weight is 297 g/mol. The quantitative estimate of drug-likeness (QED) is 0.730. The number of hydrogen-bond acceptors (Lipinski definition) is 3. The smallest absolute Gasteiger partial charge is 0.250 e. The summed E-state index contributed by atoms with van der Waals surface area (Å²) < 4.78 is 2.63. The van der Waals surface area contributed by atoms with Gasteiger partial charge in [-0.15, -0.1) is 0 Å². The molecule has 0 spiro atoms. The summed E-state index contributed by atoms with van der Waals surface area (Å²) in [6.45, 7) is 0.972. The summed E-state index contributed by atoms with van der Waals surface area (Å²) in [5.41, 5.74) is 0.965. The third-order valence-electron chi connectivity index (χ3n) is 2.09. The number of benzene rings is 1. The van der Waals surface area contributed by atoms with Crippen LogP contribution in [0.5, 0.6) is 0 Å². The van der Waals surface area contributed by atoms with E-state index in [4.69, 9.17) is 9.90 Å². The van der Waals surface area contributed by atoms with Crippen molar-refractivity contribution < 1.29 is 9.90 Å². The maximum atomic E-state index is 11.3. The Morgan fingerprint density at radius 3 is 2.41 bits per heavy atom. The van der Waals surface area contributed by atoms with Crippen LogP contribution in [0.3, 0.4) is 0 Å². The minimum atomic E-state index is -1.08. The summed E-state index contributed by atoms with van der Waals surface area (Å²) in [5.74, 6) is -1.08. The van der Waals surface area contributed by atoms with Crippen LogP contribution >= 0.6 is 15.9 Å². The molecule has 0 bridgehead atoms. The van der Waals surface area contributed by atoms with E-state index >= 15 is 0 Å². The summed E-state index contributed by atoms with van der Waals surface area (Å²) in [5, 5.41) is 9.96. The van der Waals surface area contributed by atoms with E-state index in [2.05, 4.69) is 15.9 Å². The molecule has 0 aliphatic carbocycles. The van der Waals surface area contributed by atoms with Crippen molar-refractivity contribution in [2.24, 2.45) is 7.05 Å². The Hall–Kier alpha value is -1.62. The third kappa shape index (κ3) is 3.71. The van der Waals surface area contributed by atoms with Gasteiger partial charge < -0.3 is 14.5 Å². The molecule has 0 atom stereocenters. The van der Waals surface area contributed by atoms with Gasteiger partial charge in [-0.2, -0.15) is 0 Å². The van der Waals surface area contributed by atoms with E-state index in [9.17, 15) is 4.79 Å². The Morgan fingerprint density at radius 1 is 1.29 bits per heavy atom. The molecule has 0 radical (unpaired) electrons. The summed E-state index contributed by atoms with van der Waals surface area (Å²) >= 11 is 3.38. The van der Waals surface area contributed by atoms with Gasteiger partial charge in [0.25, 0.3) is 5.56 Å². The van der Waals surface area contributed by atoms with Crippen molar-refractivity contribution in [3.8, 4) is 0 Å². The van der Waals surface area contributed by atoms with E-state index in [1.54, 1.807) is 17.7 Å². The molecule has 2 rings (SSSR count). The van der Waals surface area contributed by atoms with Gasteiger partial charge in [-0.3, -0.25) is 4.79 Å². The molecule has 0 aliphatic rings. The van der Waals surface area contributed by atoms with Gasteiger partial charge in [0.15, 0.2) is 0 Å². The van der Waals surface area contributed by atoms with Crippen LogP contribution in [0.15, 0.2) is 39.6 Å². The van der Waals surface area contributed by atoms with E-state index < -0.39 is 5.97 Å². The molecular weight excluding hydrogens is 286 g/mol. The molecule has 1 aromatic heterocycles. The molecule has 17 heavy (non-hydrogen) atoms. The highest BCUT2D eigenvalue weighted by atomic mass is 79.9. The normalized spacial score (nSPS) is 9.59. The summed E-state index contributed by atoms with van der Waals surface area (Å²) in [7, 11) is 1.77. The molecule has 0 amide bonds. The molecule has 0 fully saturated rings. The van der Waals surface area contributed by atoms with Crippen LogP contribution in [-0.2, 0) is 11.8 Å². The lowest BCUT2D eigenvalue weighted by molar-refractivity contribution is -0.302. The van der Waals surface area contributed by atoms with E-state index in [0.29, 0.717) is 0 Å². The zero-order valence-corrected chi connectivity index (χ0v) is 11.0. The van der Waals surface area contributed by atoms with Gasteiger partial charge in [-0.05, 0) is 30.5 Å². The number of carbonyl (C=O) groups excluding carboxylic acids is 1. The number of pyridine rings is 1. The topological polar surface area (TPSA) is 62.1 Å². The highest BCUT2D eigenvalue weighted by molar-refractivity contribution is 9.10. The molecule has 2 aromatic rings. The molecule has 5 heteroatoms. The molecular formula is C12H11BrNO3-. The van der Waals surface area contributed by atoms with Crippen LogP contribution in [0.1, 0.15) is 6.92 Å². The second-order valence-corrected chi connectivity index (χ2v) is 4.34. The van der Waals surface area contributed by atoms with Crippen LogP contribution in [0, 0.1) is 0 Å². The molecule has 4 nitrogen and oxygen atoms in total. The fourth-order valence-corrected chi connectivity index (χ4v) is 1.69. The van der Waals surface area contributed by atoms with Crippen LogP contribution in [0.4, 0.5) is 0 Å². The van der Waals surface area contributed by atoms with Gasteiger partial charge in [0, 0.05) is 23.6 Å². The SMILES string of the molecule is CC(=O)[O-].Cn1c(=O)ccc2ccc(Br)cc21. The van der Waals surface area contributed by atoms with E-state index in [0.717, 1.165) is 22.3 Å². The largest absolute Gasteiger partial charge is 0.550 e. The number of carboxylic acid groups (broad SMARTS) is 1. The van der Waals surface area contributed by atoms with Crippen molar-refractivity contribution in [1.82, 2.24) is 4.57 Å². The number of aryl methyl sites for hydroxylation is 1. The zero-order valence-electron chi connectivity index (χ0n) is 9.44. The molecule has 90 valence electrons. The number of fused-ring (bicyclic) bond motifs is 1. The standard InChI is InChI=1S/C10H8BrNO.C2H4O2/c1-12-9-6-8(11)4-2-7(9)3-5-10(12)13;1-2(3)4/h2-6H,1H3;1H3,(H,3,4)/p-1. The lowest BCUT2D eigenvalue weighted by Gasteiger charge is -2.03. The van der Waals surface area contributed by atoms with Crippen molar-refractivity contribution in [2.75, 3.05) is 0 Å². The van der Waals surface area contributed by atoms with Crippen molar-refractivity contribution in [3.05, 3.63) is 45.2 Å². The first-order chi connectivity index (χ1) is 7.91. The fourth-order valence-electron chi connectivity index (χ4n) is 1.34. The van der Waals surface area contributed by atoms with Crippen molar-refractivity contribution in [3.63, 3.8) is 0 Å². The number of aromatic nitrogens is 1. The molecule has 0 unspecified atom stereocenters. The van der Waals surface area contributed by atoms with Crippen LogP contribution in [0.25, 0.3) is 10.9 Å². The molecule has 0 aliphatic heterocycles. The van der Waals surface area contributed by atoms with Crippen molar-refractivity contribution >= 4 is 32.8 Å². The zero-order chi connectivity index (χ0) is 13.0.